The number of hydrogen-bond donors (Lipinski definition) is 2. The predicted molar refractivity (Wildman–Crippen MR) is 128 cm³/mol. The summed E-state index contributed by atoms with van der Waals surface area (Å²) >= 11 is 1.42. The first-order valence-electron chi connectivity index (χ1n) is 10.9. The van der Waals surface area contributed by atoms with Crippen LogP contribution < -0.4 is 10.1 Å². The minimum absolute atomic E-state index is 0.0784. The van der Waals surface area contributed by atoms with Gasteiger partial charge in [-0.15, -0.1) is 11.8 Å². The van der Waals surface area contributed by atoms with E-state index in [1.54, 1.807) is 36.8 Å². The molecule has 1 amide bonds. The number of aliphatic hydroxyl groups excluding tert-OH is 1. The monoisotopic (exact) mass is 502 g/mol. The largest absolute Gasteiger partial charge is 0.434 e. The number of fused-ring (bicyclic) bond motifs is 1. The lowest BCUT2D eigenvalue weighted by Gasteiger charge is -2.12. The van der Waals surface area contributed by atoms with E-state index in [0.29, 0.717) is 12.1 Å². The maximum Gasteiger partial charge on any atom is 0.387 e. The van der Waals surface area contributed by atoms with Gasteiger partial charge in [-0.1, -0.05) is 13.3 Å². The maximum atomic E-state index is 13.1. The smallest absolute Gasteiger partial charge is 0.387 e. The third-order valence-electron chi connectivity index (χ3n) is 5.21. The summed E-state index contributed by atoms with van der Waals surface area (Å²) in [6, 6.07) is 6.47. The van der Waals surface area contributed by atoms with E-state index in [-0.39, 0.29) is 34.8 Å². The molecular weight excluding hydrogens is 478 g/mol. The van der Waals surface area contributed by atoms with Gasteiger partial charge in [0.15, 0.2) is 5.65 Å². The van der Waals surface area contributed by atoms with Crippen molar-refractivity contribution in [2.75, 3.05) is 11.6 Å². The molecule has 1 atom stereocenters. The Morgan fingerprint density at radius 1 is 1.34 bits per heavy atom. The SMILES string of the molecule is CCC[C@H](O)Cn1cc(NC(=O)c2cnn3cccnc23)c(-c2cc(SC)ccc2OC(F)F)n1. The normalized spacial score (nSPS) is 12.3. The summed E-state index contributed by atoms with van der Waals surface area (Å²) in [5, 5.41) is 21.7. The lowest BCUT2D eigenvalue weighted by molar-refractivity contribution is -0.0494. The standard InChI is InChI=1S/C23H24F2N6O3S/c1-3-5-14(32)12-30-13-18(28-22(33)17-11-27-31-9-4-8-26-21(17)31)20(29-30)16-10-15(35-2)6-7-19(16)34-23(24)25/h4,6-11,13-14,23,32H,3,5,12H2,1-2H3,(H,28,33)/t14-/m0/s1. The molecule has 0 saturated heterocycles. The molecule has 12 heteroatoms. The molecule has 0 unspecified atom stereocenters. The number of thioether (sulfide) groups is 1. The summed E-state index contributed by atoms with van der Waals surface area (Å²) in [5.74, 6) is -0.573. The van der Waals surface area contributed by atoms with Crippen LogP contribution in [0, 0.1) is 0 Å². The highest BCUT2D eigenvalue weighted by Gasteiger charge is 2.22. The number of carbonyl (C=O) groups is 1. The van der Waals surface area contributed by atoms with Crippen LogP contribution in [0.25, 0.3) is 16.9 Å². The number of carbonyl (C=O) groups excluding carboxylic acids is 1. The summed E-state index contributed by atoms with van der Waals surface area (Å²) in [6.45, 7) is -0.914. The van der Waals surface area contributed by atoms with E-state index in [1.807, 2.05) is 13.2 Å². The zero-order valence-corrected chi connectivity index (χ0v) is 19.9. The van der Waals surface area contributed by atoms with Crippen molar-refractivity contribution in [3.05, 3.63) is 54.6 Å². The number of nitrogens with one attached hydrogen (secondary N) is 1. The van der Waals surface area contributed by atoms with E-state index >= 15 is 0 Å². The molecule has 184 valence electrons. The molecule has 2 N–H and O–H groups in total. The Bertz CT molecular complexity index is 1330. The number of anilines is 1. The molecule has 3 heterocycles. The van der Waals surface area contributed by atoms with Gasteiger partial charge in [0, 0.05) is 29.0 Å². The van der Waals surface area contributed by atoms with Crippen LogP contribution >= 0.6 is 11.8 Å². The second kappa shape index (κ2) is 10.8. The fourth-order valence-electron chi connectivity index (χ4n) is 3.64. The second-order valence-corrected chi connectivity index (χ2v) is 8.58. The van der Waals surface area contributed by atoms with Gasteiger partial charge in [0.1, 0.15) is 17.0 Å². The van der Waals surface area contributed by atoms with Crippen molar-refractivity contribution in [1.29, 1.82) is 0 Å². The van der Waals surface area contributed by atoms with Crippen molar-refractivity contribution in [1.82, 2.24) is 24.4 Å². The van der Waals surface area contributed by atoms with Crippen LogP contribution in [0.5, 0.6) is 5.75 Å². The van der Waals surface area contributed by atoms with Crippen molar-refractivity contribution >= 4 is 29.0 Å². The van der Waals surface area contributed by atoms with E-state index < -0.39 is 18.6 Å². The lowest BCUT2D eigenvalue weighted by Crippen LogP contribution is -2.16. The number of hydrogen-bond acceptors (Lipinski definition) is 7. The van der Waals surface area contributed by atoms with Crippen LogP contribution in [0.15, 0.2) is 53.9 Å². The number of aromatic nitrogens is 5. The summed E-state index contributed by atoms with van der Waals surface area (Å²) in [4.78, 5) is 18.1. The minimum atomic E-state index is -3.04. The van der Waals surface area contributed by atoms with Crippen LogP contribution in [0.1, 0.15) is 30.1 Å². The first-order valence-corrected chi connectivity index (χ1v) is 12.1. The van der Waals surface area contributed by atoms with Gasteiger partial charge in [0.05, 0.1) is 24.5 Å². The Morgan fingerprint density at radius 3 is 2.91 bits per heavy atom. The van der Waals surface area contributed by atoms with Gasteiger partial charge in [-0.3, -0.25) is 9.48 Å². The molecule has 35 heavy (non-hydrogen) atoms. The van der Waals surface area contributed by atoms with Gasteiger partial charge < -0.3 is 15.2 Å². The third-order valence-corrected chi connectivity index (χ3v) is 5.94. The predicted octanol–water partition coefficient (Wildman–Crippen LogP) is 4.33. The second-order valence-electron chi connectivity index (χ2n) is 7.70. The average molecular weight is 503 g/mol. The lowest BCUT2D eigenvalue weighted by atomic mass is 10.1. The number of nitrogens with zero attached hydrogens (tertiary/aromatic N) is 5. The molecule has 0 fully saturated rings. The Morgan fingerprint density at radius 2 is 2.17 bits per heavy atom. The van der Waals surface area contributed by atoms with Crippen LogP contribution in [0.4, 0.5) is 14.5 Å². The molecule has 3 aromatic heterocycles. The average Bonchev–Trinajstić information content (AvgIpc) is 3.43. The molecule has 4 aromatic rings. The van der Waals surface area contributed by atoms with Gasteiger partial charge in [-0.2, -0.15) is 19.0 Å². The van der Waals surface area contributed by atoms with Gasteiger partial charge >= 0.3 is 6.61 Å². The number of alkyl halides is 2. The maximum absolute atomic E-state index is 13.1. The number of aliphatic hydroxyl groups is 1. The molecule has 4 rings (SSSR count). The molecule has 0 saturated carbocycles. The van der Waals surface area contributed by atoms with Crippen LogP contribution in [-0.2, 0) is 6.54 Å². The zero-order valence-electron chi connectivity index (χ0n) is 19.1. The van der Waals surface area contributed by atoms with Crippen molar-refractivity contribution in [3.8, 4) is 17.0 Å². The molecule has 0 bridgehead atoms. The Kier molecular flexibility index (Phi) is 7.61. The third kappa shape index (κ3) is 5.60. The van der Waals surface area contributed by atoms with Crippen LogP contribution in [0.2, 0.25) is 0 Å². The van der Waals surface area contributed by atoms with E-state index in [0.717, 1.165) is 11.3 Å². The van der Waals surface area contributed by atoms with Crippen molar-refractivity contribution in [3.63, 3.8) is 0 Å². The van der Waals surface area contributed by atoms with Gasteiger partial charge in [0.2, 0.25) is 0 Å². The molecular formula is C23H24F2N6O3S. The van der Waals surface area contributed by atoms with E-state index in [2.05, 4.69) is 20.5 Å². The minimum Gasteiger partial charge on any atom is -0.434 e. The molecule has 1 aromatic carbocycles. The van der Waals surface area contributed by atoms with Gasteiger partial charge in [0.25, 0.3) is 5.91 Å². The highest BCUT2D eigenvalue weighted by molar-refractivity contribution is 7.98. The number of benzene rings is 1. The summed E-state index contributed by atoms with van der Waals surface area (Å²) < 4.78 is 34.0. The van der Waals surface area contributed by atoms with Crippen molar-refractivity contribution < 1.29 is 23.4 Å². The molecule has 0 radical (unpaired) electrons. The summed E-state index contributed by atoms with van der Waals surface area (Å²) in [6.07, 6.45) is 8.71. The molecule has 0 aliphatic heterocycles. The highest BCUT2D eigenvalue weighted by atomic mass is 32.2. The Labute approximate surface area is 204 Å². The van der Waals surface area contributed by atoms with Gasteiger partial charge in [-0.25, -0.2) is 9.50 Å². The van der Waals surface area contributed by atoms with Crippen molar-refractivity contribution in [2.24, 2.45) is 0 Å². The van der Waals surface area contributed by atoms with Crippen LogP contribution in [0.3, 0.4) is 0 Å². The first kappa shape index (κ1) is 24.6. The molecule has 0 aliphatic carbocycles. The Hall–Kier alpha value is -3.51. The number of amides is 1. The molecule has 0 spiro atoms. The fraction of sp³-hybridized carbons (Fsp3) is 0.304. The summed E-state index contributed by atoms with van der Waals surface area (Å²) in [7, 11) is 0. The molecule has 9 nitrogen and oxygen atoms in total. The van der Waals surface area contributed by atoms with Crippen molar-refractivity contribution in [2.45, 2.75) is 43.9 Å². The first-order chi connectivity index (χ1) is 16.9. The number of halogens is 2. The zero-order chi connectivity index (χ0) is 24.9. The molecule has 0 aliphatic rings. The fourth-order valence-corrected chi connectivity index (χ4v) is 4.08. The number of rotatable bonds is 10. The van der Waals surface area contributed by atoms with E-state index in [4.69, 9.17) is 4.74 Å². The van der Waals surface area contributed by atoms with Gasteiger partial charge in [-0.05, 0) is 36.9 Å². The van der Waals surface area contributed by atoms with Crippen LogP contribution in [-0.4, -0.2) is 54.4 Å². The number of ether oxygens (including phenoxy) is 1. The quantitative estimate of drug-likeness (QED) is 0.311. The summed E-state index contributed by atoms with van der Waals surface area (Å²) in [5.41, 5.74) is 1.39. The Balaban J connectivity index is 1.76. The highest BCUT2D eigenvalue weighted by Crippen LogP contribution is 2.37. The van der Waals surface area contributed by atoms with E-state index in [1.165, 1.54) is 33.2 Å². The topological polar surface area (TPSA) is 107 Å². The van der Waals surface area contributed by atoms with E-state index in [9.17, 15) is 18.7 Å².